The first-order valence-electron chi connectivity index (χ1n) is 7.17. The van der Waals surface area contributed by atoms with Crippen molar-refractivity contribution in [3.05, 3.63) is 26.4 Å². The van der Waals surface area contributed by atoms with E-state index in [9.17, 15) is 14.4 Å². The quantitative estimate of drug-likeness (QED) is 0.773. The summed E-state index contributed by atoms with van der Waals surface area (Å²) in [4.78, 5) is 36.5. The highest BCUT2D eigenvalue weighted by Gasteiger charge is 2.26. The third-order valence-corrected chi connectivity index (χ3v) is 5.16. The molecular formula is C14H21N3O4S. The van der Waals surface area contributed by atoms with Crippen molar-refractivity contribution in [1.29, 1.82) is 0 Å². The monoisotopic (exact) mass is 327 g/mol. The second kappa shape index (κ2) is 6.70. The normalized spacial score (nSPS) is 19.3. The van der Waals surface area contributed by atoms with Gasteiger partial charge in [0.15, 0.2) is 5.78 Å². The standard InChI is InChI=1S/C14H21N3O4S/c1-8(22-7-9-5-4-6-21-9)11(18)10-12(15)16(2)14(20)17(3)13(10)19/h8-9H,4-7,15H2,1-3H3/t8-,9-/m0/s1. The van der Waals surface area contributed by atoms with Gasteiger partial charge in [-0.25, -0.2) is 4.79 Å². The van der Waals surface area contributed by atoms with Crippen LogP contribution in [-0.2, 0) is 18.8 Å². The van der Waals surface area contributed by atoms with Crippen LogP contribution < -0.4 is 17.0 Å². The summed E-state index contributed by atoms with van der Waals surface area (Å²) in [6.07, 6.45) is 2.21. The topological polar surface area (TPSA) is 96.3 Å². The molecule has 1 aromatic heterocycles. The number of nitrogen functional groups attached to an aromatic ring is 1. The fraction of sp³-hybridized carbons (Fsp3) is 0.643. The fourth-order valence-electron chi connectivity index (χ4n) is 2.40. The Hall–Kier alpha value is -1.54. The Morgan fingerprint density at radius 2 is 2.09 bits per heavy atom. The summed E-state index contributed by atoms with van der Waals surface area (Å²) in [5.41, 5.74) is 4.50. The smallest absolute Gasteiger partial charge is 0.332 e. The number of thioether (sulfide) groups is 1. The van der Waals surface area contributed by atoms with E-state index >= 15 is 0 Å². The van der Waals surface area contributed by atoms with E-state index in [-0.39, 0.29) is 23.3 Å². The predicted octanol–water partition coefficient (Wildman–Crippen LogP) is 0.150. The average Bonchev–Trinajstić information content (AvgIpc) is 3.02. The fourth-order valence-corrected chi connectivity index (χ4v) is 3.43. The van der Waals surface area contributed by atoms with Gasteiger partial charge >= 0.3 is 5.69 Å². The summed E-state index contributed by atoms with van der Waals surface area (Å²) in [5, 5.41) is -0.420. The molecule has 122 valence electrons. The average molecular weight is 327 g/mol. The van der Waals surface area contributed by atoms with Gasteiger partial charge in [0.25, 0.3) is 5.56 Å². The van der Waals surface area contributed by atoms with E-state index in [1.807, 2.05) is 0 Å². The zero-order chi connectivity index (χ0) is 16.4. The Balaban J connectivity index is 2.21. The van der Waals surface area contributed by atoms with Gasteiger partial charge in [0.2, 0.25) is 0 Å². The molecule has 0 spiro atoms. The van der Waals surface area contributed by atoms with Crippen molar-refractivity contribution in [1.82, 2.24) is 9.13 Å². The lowest BCUT2D eigenvalue weighted by atomic mass is 10.1. The van der Waals surface area contributed by atoms with Crippen LogP contribution in [0.2, 0.25) is 0 Å². The predicted molar refractivity (Wildman–Crippen MR) is 86.6 cm³/mol. The van der Waals surface area contributed by atoms with Crippen LogP contribution in [0.5, 0.6) is 0 Å². The molecule has 0 unspecified atom stereocenters. The van der Waals surface area contributed by atoms with Crippen LogP contribution in [0, 0.1) is 0 Å². The second-order valence-electron chi connectivity index (χ2n) is 5.44. The molecule has 1 aliphatic rings. The Morgan fingerprint density at radius 1 is 1.41 bits per heavy atom. The van der Waals surface area contributed by atoms with Crippen LogP contribution in [0.3, 0.4) is 0 Å². The van der Waals surface area contributed by atoms with Crippen molar-refractivity contribution >= 4 is 23.4 Å². The van der Waals surface area contributed by atoms with Crippen molar-refractivity contribution in [2.45, 2.75) is 31.1 Å². The van der Waals surface area contributed by atoms with E-state index in [2.05, 4.69) is 0 Å². The third-order valence-electron chi connectivity index (χ3n) is 3.88. The molecule has 22 heavy (non-hydrogen) atoms. The molecule has 0 bridgehead atoms. The minimum absolute atomic E-state index is 0.0809. The van der Waals surface area contributed by atoms with Crippen molar-refractivity contribution < 1.29 is 9.53 Å². The number of hydrogen-bond donors (Lipinski definition) is 1. The van der Waals surface area contributed by atoms with Gasteiger partial charge in [-0.2, -0.15) is 0 Å². The lowest BCUT2D eigenvalue weighted by Crippen LogP contribution is -2.42. The molecule has 2 N–H and O–H groups in total. The number of carbonyl (C=O) groups excluding carboxylic acids is 1. The molecule has 1 fully saturated rings. The summed E-state index contributed by atoms with van der Waals surface area (Å²) in [5.74, 6) is 0.276. The van der Waals surface area contributed by atoms with Gasteiger partial charge in [-0.05, 0) is 19.8 Å². The number of carbonyl (C=O) groups is 1. The van der Waals surface area contributed by atoms with Crippen LogP contribution in [0.4, 0.5) is 5.82 Å². The highest BCUT2D eigenvalue weighted by atomic mass is 32.2. The molecule has 0 aliphatic carbocycles. The molecule has 1 aromatic rings. The number of aromatic nitrogens is 2. The van der Waals surface area contributed by atoms with Crippen molar-refractivity contribution in [2.75, 3.05) is 18.1 Å². The molecule has 8 heteroatoms. The lowest BCUT2D eigenvalue weighted by molar-refractivity contribution is 0.0991. The van der Waals surface area contributed by atoms with Crippen LogP contribution >= 0.6 is 11.8 Å². The zero-order valence-corrected chi connectivity index (χ0v) is 13.8. The van der Waals surface area contributed by atoms with E-state index in [1.54, 1.807) is 6.92 Å². The van der Waals surface area contributed by atoms with Crippen LogP contribution in [0.25, 0.3) is 0 Å². The van der Waals surface area contributed by atoms with Crippen molar-refractivity contribution in [2.24, 2.45) is 14.1 Å². The molecule has 0 radical (unpaired) electrons. The number of rotatable bonds is 5. The largest absolute Gasteiger partial charge is 0.384 e. The Bertz CT molecular complexity index is 689. The molecule has 1 saturated heterocycles. The van der Waals surface area contributed by atoms with Gasteiger partial charge < -0.3 is 10.5 Å². The molecule has 2 rings (SSSR count). The number of anilines is 1. The summed E-state index contributed by atoms with van der Waals surface area (Å²) in [6, 6.07) is 0. The number of ketones is 1. The van der Waals surface area contributed by atoms with Gasteiger partial charge in [0.1, 0.15) is 11.4 Å². The molecule has 7 nitrogen and oxygen atoms in total. The maximum Gasteiger partial charge on any atom is 0.332 e. The summed E-state index contributed by atoms with van der Waals surface area (Å²) < 4.78 is 7.54. The second-order valence-corrected chi connectivity index (χ2v) is 6.81. The minimum Gasteiger partial charge on any atom is -0.384 e. The van der Waals surface area contributed by atoms with Crippen molar-refractivity contribution in [3.8, 4) is 0 Å². The van der Waals surface area contributed by atoms with E-state index in [0.717, 1.165) is 28.6 Å². The highest BCUT2D eigenvalue weighted by Crippen LogP contribution is 2.22. The molecule has 0 amide bonds. The third kappa shape index (κ3) is 3.12. The number of Topliss-reactive ketones (excluding diaryl/α,β-unsaturated/α-hetero) is 1. The van der Waals surface area contributed by atoms with Crippen molar-refractivity contribution in [3.63, 3.8) is 0 Å². The van der Waals surface area contributed by atoms with Crippen LogP contribution in [0.15, 0.2) is 9.59 Å². The van der Waals surface area contributed by atoms with E-state index < -0.39 is 16.5 Å². The van der Waals surface area contributed by atoms with Gasteiger partial charge in [0.05, 0.1) is 11.4 Å². The van der Waals surface area contributed by atoms with Crippen LogP contribution in [-0.4, -0.2) is 38.6 Å². The Morgan fingerprint density at radius 3 is 2.68 bits per heavy atom. The zero-order valence-electron chi connectivity index (χ0n) is 13.0. The number of hydrogen-bond acceptors (Lipinski definition) is 6. The first kappa shape index (κ1) is 16.8. The van der Waals surface area contributed by atoms with Gasteiger partial charge in [0, 0.05) is 26.5 Å². The van der Waals surface area contributed by atoms with Crippen LogP contribution in [0.1, 0.15) is 30.1 Å². The number of ether oxygens (including phenoxy) is 1. The lowest BCUT2D eigenvalue weighted by Gasteiger charge is -2.16. The van der Waals surface area contributed by atoms with Gasteiger partial charge in [-0.15, -0.1) is 11.8 Å². The van der Waals surface area contributed by atoms with Gasteiger partial charge in [-0.3, -0.25) is 18.7 Å². The Labute approximate surface area is 132 Å². The van der Waals surface area contributed by atoms with E-state index in [4.69, 9.17) is 10.5 Å². The number of nitrogens with two attached hydrogens (primary N) is 1. The first-order valence-corrected chi connectivity index (χ1v) is 8.22. The summed E-state index contributed by atoms with van der Waals surface area (Å²) >= 11 is 1.44. The minimum atomic E-state index is -0.643. The number of nitrogens with zero attached hydrogens (tertiary/aromatic N) is 2. The van der Waals surface area contributed by atoms with E-state index in [0.29, 0.717) is 5.75 Å². The van der Waals surface area contributed by atoms with E-state index in [1.165, 1.54) is 25.9 Å². The van der Waals surface area contributed by atoms with Gasteiger partial charge in [-0.1, -0.05) is 0 Å². The summed E-state index contributed by atoms with van der Waals surface area (Å²) in [6.45, 7) is 2.51. The maximum absolute atomic E-state index is 12.5. The molecule has 1 aliphatic heterocycles. The molecule has 0 saturated carbocycles. The maximum atomic E-state index is 12.5. The SMILES string of the molecule is C[C@H](SC[C@@H]1CCCO1)C(=O)c1c(N)n(C)c(=O)n(C)c1=O. The molecule has 2 heterocycles. The molecule has 2 atom stereocenters. The summed E-state index contributed by atoms with van der Waals surface area (Å²) in [7, 11) is 2.78. The Kier molecular flexibility index (Phi) is 5.12. The highest BCUT2D eigenvalue weighted by molar-refractivity contribution is 8.00. The first-order chi connectivity index (χ1) is 10.3. The molecule has 0 aromatic carbocycles. The molecular weight excluding hydrogens is 306 g/mol.